The molecule has 14 heavy (non-hydrogen) atoms. The van der Waals surface area contributed by atoms with E-state index in [2.05, 4.69) is 0 Å². The fraction of sp³-hybridized carbons (Fsp3) is 0.222. The summed E-state index contributed by atoms with van der Waals surface area (Å²) in [7, 11) is 0. The zero-order valence-corrected chi connectivity index (χ0v) is 9.74. The monoisotopic (exact) mass is 307 g/mol. The molecule has 0 atom stereocenters. The van der Waals surface area contributed by atoms with Gasteiger partial charge in [-0.3, -0.25) is 0 Å². The zero-order valence-electron chi connectivity index (χ0n) is 7.58. The molecule has 5 heteroatoms. The summed E-state index contributed by atoms with van der Waals surface area (Å²) in [6.07, 6.45) is 0. The van der Waals surface area contributed by atoms with Crippen LogP contribution in [-0.4, -0.2) is 17.7 Å². The molecule has 4 nitrogen and oxygen atoms in total. The number of hydrogen-bond donors (Lipinski definition) is 2. The van der Waals surface area contributed by atoms with E-state index in [9.17, 15) is 4.79 Å². The Hall–Kier alpha value is -0.980. The number of nitrogen functional groups attached to an aromatic ring is 1. The number of aromatic carboxylic acids is 1. The van der Waals surface area contributed by atoms with Gasteiger partial charge in [0, 0.05) is 15.3 Å². The molecule has 0 saturated heterocycles. The fourth-order valence-corrected chi connectivity index (χ4v) is 1.48. The summed E-state index contributed by atoms with van der Waals surface area (Å²) in [5.41, 5.74) is 6.31. The first-order chi connectivity index (χ1) is 6.56. The van der Waals surface area contributed by atoms with E-state index in [1.54, 1.807) is 6.92 Å². The summed E-state index contributed by atoms with van der Waals surface area (Å²) in [6.45, 7) is 2.21. The van der Waals surface area contributed by atoms with Gasteiger partial charge in [-0.1, -0.05) is 0 Å². The predicted octanol–water partition coefficient (Wildman–Crippen LogP) is 1.97. The molecule has 0 bridgehead atoms. The SMILES string of the molecule is CCOc1cc(N)c(I)cc1C(=O)O. The molecule has 0 fully saturated rings. The van der Waals surface area contributed by atoms with Crippen molar-refractivity contribution in [3.05, 3.63) is 21.3 Å². The molecule has 0 saturated carbocycles. The van der Waals surface area contributed by atoms with E-state index >= 15 is 0 Å². The van der Waals surface area contributed by atoms with Gasteiger partial charge in [0.2, 0.25) is 0 Å². The molecular formula is C9H10INO3. The van der Waals surface area contributed by atoms with Gasteiger partial charge >= 0.3 is 5.97 Å². The summed E-state index contributed by atoms with van der Waals surface area (Å²) >= 11 is 1.98. The van der Waals surface area contributed by atoms with Crippen LogP contribution in [0.25, 0.3) is 0 Å². The number of halogens is 1. The van der Waals surface area contributed by atoms with Crippen LogP contribution in [0.4, 0.5) is 5.69 Å². The molecule has 0 aliphatic rings. The topological polar surface area (TPSA) is 72.5 Å². The van der Waals surface area contributed by atoms with Crippen LogP contribution in [0.15, 0.2) is 12.1 Å². The predicted molar refractivity (Wildman–Crippen MR) is 61.7 cm³/mol. The minimum atomic E-state index is -1.01. The number of rotatable bonds is 3. The Bertz CT molecular complexity index is 365. The molecular weight excluding hydrogens is 297 g/mol. The number of carboxylic acid groups (broad SMARTS) is 1. The first kappa shape index (κ1) is 11.1. The second-order valence-corrected chi connectivity index (χ2v) is 3.77. The number of ether oxygens (including phenoxy) is 1. The van der Waals surface area contributed by atoms with Gasteiger partial charge < -0.3 is 15.6 Å². The van der Waals surface area contributed by atoms with Crippen molar-refractivity contribution in [3.63, 3.8) is 0 Å². The fourth-order valence-electron chi connectivity index (χ4n) is 1.01. The molecule has 1 aromatic rings. The van der Waals surface area contributed by atoms with E-state index in [1.165, 1.54) is 12.1 Å². The van der Waals surface area contributed by atoms with Gasteiger partial charge in [0.15, 0.2) is 0 Å². The Morgan fingerprint density at radius 2 is 2.29 bits per heavy atom. The highest BCUT2D eigenvalue weighted by Gasteiger charge is 2.13. The second kappa shape index (κ2) is 4.50. The number of nitrogens with two attached hydrogens (primary N) is 1. The Kier molecular flexibility index (Phi) is 3.56. The van der Waals surface area contributed by atoms with Crippen LogP contribution in [0.2, 0.25) is 0 Å². The molecule has 0 aromatic heterocycles. The Labute approximate surface area is 95.2 Å². The molecule has 0 amide bonds. The molecule has 3 N–H and O–H groups in total. The summed E-state index contributed by atoms with van der Waals surface area (Å²) in [5.74, 6) is -0.690. The van der Waals surface area contributed by atoms with Gasteiger partial charge in [0.1, 0.15) is 11.3 Å². The highest BCUT2D eigenvalue weighted by molar-refractivity contribution is 14.1. The van der Waals surface area contributed by atoms with Crippen molar-refractivity contribution in [2.24, 2.45) is 0 Å². The van der Waals surface area contributed by atoms with E-state index in [0.29, 0.717) is 21.6 Å². The van der Waals surface area contributed by atoms with Crippen LogP contribution in [0.1, 0.15) is 17.3 Å². The van der Waals surface area contributed by atoms with E-state index in [0.717, 1.165) is 0 Å². The quantitative estimate of drug-likeness (QED) is 0.661. The normalized spacial score (nSPS) is 9.86. The van der Waals surface area contributed by atoms with E-state index in [4.69, 9.17) is 15.6 Å². The first-order valence-electron chi connectivity index (χ1n) is 4.01. The minimum absolute atomic E-state index is 0.144. The Morgan fingerprint density at radius 3 is 2.79 bits per heavy atom. The smallest absolute Gasteiger partial charge is 0.339 e. The van der Waals surface area contributed by atoms with E-state index < -0.39 is 5.97 Å². The number of benzene rings is 1. The van der Waals surface area contributed by atoms with Crippen LogP contribution in [0, 0.1) is 3.57 Å². The highest BCUT2D eigenvalue weighted by atomic mass is 127. The molecule has 1 rings (SSSR count). The zero-order chi connectivity index (χ0) is 10.7. The molecule has 0 aliphatic heterocycles. The third-order valence-corrected chi connectivity index (χ3v) is 2.56. The van der Waals surface area contributed by atoms with Crippen molar-refractivity contribution < 1.29 is 14.6 Å². The molecule has 0 spiro atoms. The third-order valence-electron chi connectivity index (χ3n) is 1.63. The van der Waals surface area contributed by atoms with Crippen molar-refractivity contribution in [1.29, 1.82) is 0 Å². The number of anilines is 1. The van der Waals surface area contributed by atoms with Gasteiger partial charge in [-0.2, -0.15) is 0 Å². The van der Waals surface area contributed by atoms with Crippen LogP contribution >= 0.6 is 22.6 Å². The Balaban J connectivity index is 3.24. The van der Waals surface area contributed by atoms with E-state index in [1.807, 2.05) is 22.6 Å². The lowest BCUT2D eigenvalue weighted by Crippen LogP contribution is -2.05. The molecule has 0 aliphatic carbocycles. The second-order valence-electron chi connectivity index (χ2n) is 2.61. The summed E-state index contributed by atoms with van der Waals surface area (Å²) in [4.78, 5) is 10.8. The average Bonchev–Trinajstić information content (AvgIpc) is 2.11. The highest BCUT2D eigenvalue weighted by Crippen LogP contribution is 2.26. The van der Waals surface area contributed by atoms with Crippen molar-refractivity contribution in [2.45, 2.75) is 6.92 Å². The molecule has 0 heterocycles. The van der Waals surface area contributed by atoms with Crippen molar-refractivity contribution in [3.8, 4) is 5.75 Å². The molecule has 1 aromatic carbocycles. The summed E-state index contributed by atoms with van der Waals surface area (Å²) < 4.78 is 5.88. The van der Waals surface area contributed by atoms with Gasteiger partial charge in [0.25, 0.3) is 0 Å². The lowest BCUT2D eigenvalue weighted by molar-refractivity contribution is 0.0692. The summed E-state index contributed by atoms with van der Waals surface area (Å²) in [5, 5.41) is 8.88. The van der Waals surface area contributed by atoms with Gasteiger partial charge in [-0.15, -0.1) is 0 Å². The molecule has 0 radical (unpaired) electrons. The number of carbonyl (C=O) groups is 1. The maximum Gasteiger partial charge on any atom is 0.339 e. The first-order valence-corrected chi connectivity index (χ1v) is 5.09. The third kappa shape index (κ3) is 2.28. The average molecular weight is 307 g/mol. The summed E-state index contributed by atoms with van der Waals surface area (Å²) in [6, 6.07) is 3.04. The van der Waals surface area contributed by atoms with Crippen molar-refractivity contribution in [2.75, 3.05) is 12.3 Å². The van der Waals surface area contributed by atoms with Crippen LogP contribution in [0.5, 0.6) is 5.75 Å². The maximum absolute atomic E-state index is 10.8. The lowest BCUT2D eigenvalue weighted by atomic mass is 10.2. The number of hydrogen-bond acceptors (Lipinski definition) is 3. The number of carboxylic acids is 1. The van der Waals surface area contributed by atoms with Crippen LogP contribution in [-0.2, 0) is 0 Å². The van der Waals surface area contributed by atoms with Gasteiger partial charge in [-0.25, -0.2) is 4.79 Å². The lowest BCUT2D eigenvalue weighted by Gasteiger charge is -2.09. The van der Waals surface area contributed by atoms with Gasteiger partial charge in [0.05, 0.1) is 6.61 Å². The molecule has 76 valence electrons. The maximum atomic E-state index is 10.8. The van der Waals surface area contributed by atoms with Crippen molar-refractivity contribution >= 4 is 34.2 Å². The molecule has 0 unspecified atom stereocenters. The largest absolute Gasteiger partial charge is 0.493 e. The Morgan fingerprint density at radius 1 is 1.64 bits per heavy atom. The van der Waals surface area contributed by atoms with E-state index in [-0.39, 0.29) is 5.56 Å². The van der Waals surface area contributed by atoms with Crippen LogP contribution in [0.3, 0.4) is 0 Å². The van der Waals surface area contributed by atoms with Crippen molar-refractivity contribution in [1.82, 2.24) is 0 Å². The van der Waals surface area contributed by atoms with Gasteiger partial charge in [-0.05, 0) is 35.6 Å². The standard InChI is InChI=1S/C9H10INO3/c1-2-14-8-4-7(11)6(10)3-5(8)9(12)13/h3-4H,2,11H2,1H3,(H,12,13). The minimum Gasteiger partial charge on any atom is -0.493 e. The van der Waals surface area contributed by atoms with Crippen LogP contribution < -0.4 is 10.5 Å².